The Hall–Kier alpha value is -0.980. The molecule has 0 nitrogen and oxygen atoms in total. The Balaban J connectivity index is 3.83. The second-order valence-electron chi connectivity index (χ2n) is 4.04. The lowest BCUT2D eigenvalue weighted by Gasteiger charge is -2.61. The molecular formula is C7F14. The van der Waals surface area contributed by atoms with Crippen LogP contribution in [0.5, 0.6) is 0 Å². The minimum atomic E-state index is -7.57. The Bertz CT molecular complexity index is 408. The first-order valence-corrected chi connectivity index (χ1v) is 4.40. The number of halogens is 14. The van der Waals surface area contributed by atoms with Gasteiger partial charge < -0.3 is 0 Å². The van der Waals surface area contributed by atoms with Crippen LogP contribution in [0.15, 0.2) is 0 Å². The second kappa shape index (κ2) is 3.67. The Morgan fingerprint density at radius 1 is 0.381 bits per heavy atom. The molecule has 14 heteroatoms. The zero-order valence-corrected chi connectivity index (χ0v) is 8.79. The van der Waals surface area contributed by atoms with E-state index in [4.69, 9.17) is 0 Å². The van der Waals surface area contributed by atoms with Crippen LogP contribution in [-0.4, -0.2) is 41.5 Å². The quantitative estimate of drug-likeness (QED) is 0.567. The van der Waals surface area contributed by atoms with Gasteiger partial charge in [-0.15, -0.1) is 0 Å². The largest absolute Gasteiger partial charge is 0.432 e. The maximum atomic E-state index is 13.2. The van der Waals surface area contributed by atoms with Gasteiger partial charge in [0.2, 0.25) is 0 Å². The van der Waals surface area contributed by atoms with Crippen LogP contribution in [0.3, 0.4) is 0 Å². The van der Waals surface area contributed by atoms with Crippen molar-refractivity contribution in [2.24, 2.45) is 0 Å². The Kier molecular flexibility index (Phi) is 3.16. The monoisotopic (exact) mass is 350 g/mol. The molecule has 0 aromatic carbocycles. The first kappa shape index (κ1) is 18.1. The molecule has 1 aliphatic carbocycles. The number of hydrogen-bond acceptors (Lipinski definition) is 0. The van der Waals surface area contributed by atoms with Gasteiger partial charge in [-0.1, -0.05) is 0 Å². The molecule has 0 saturated heterocycles. The van der Waals surface area contributed by atoms with Gasteiger partial charge >= 0.3 is 41.5 Å². The Labute approximate surface area is 104 Å². The van der Waals surface area contributed by atoms with Gasteiger partial charge in [0.05, 0.1) is 0 Å². The van der Waals surface area contributed by atoms with Crippen molar-refractivity contribution in [2.45, 2.75) is 41.5 Å². The normalized spacial score (nSPS) is 40.9. The summed E-state index contributed by atoms with van der Waals surface area (Å²) >= 11 is 0. The van der Waals surface area contributed by atoms with E-state index in [1.165, 1.54) is 0 Å². The summed E-state index contributed by atoms with van der Waals surface area (Å²) in [5.41, 5.74) is -22.4. The van der Waals surface area contributed by atoms with Gasteiger partial charge in [0.25, 0.3) is 0 Å². The maximum Gasteiger partial charge on any atom is 0.432 e. The smallest absolute Gasteiger partial charge is 0.225 e. The summed E-state index contributed by atoms with van der Waals surface area (Å²) in [6.45, 7) is 0. The summed E-state index contributed by atoms with van der Waals surface area (Å²) in [5, 5.41) is 0. The average molecular weight is 350 g/mol. The first-order valence-electron chi connectivity index (χ1n) is 4.40. The zero-order chi connectivity index (χ0) is 17.5. The topological polar surface area (TPSA) is 0 Å². The van der Waals surface area contributed by atoms with Crippen LogP contribution < -0.4 is 0 Å². The molecule has 0 amide bonds. The van der Waals surface area contributed by atoms with E-state index in [2.05, 4.69) is 0 Å². The maximum absolute atomic E-state index is 13.2. The van der Waals surface area contributed by atoms with Crippen LogP contribution in [0.2, 0.25) is 0 Å². The lowest BCUT2D eigenvalue weighted by atomic mass is 9.53. The molecule has 2 unspecified atom stereocenters. The van der Waals surface area contributed by atoms with E-state index in [0.29, 0.717) is 0 Å². The van der Waals surface area contributed by atoms with Gasteiger partial charge in [-0.25, -0.2) is 13.2 Å². The van der Waals surface area contributed by atoms with Gasteiger partial charge in [-0.05, 0) is 0 Å². The third-order valence-corrected chi connectivity index (χ3v) is 2.99. The zero-order valence-electron chi connectivity index (χ0n) is 8.79. The number of rotatable bonds is 0. The summed E-state index contributed by atoms with van der Waals surface area (Å²) in [4.78, 5) is 0. The Morgan fingerprint density at radius 2 is 0.571 bits per heavy atom. The molecule has 0 heterocycles. The van der Waals surface area contributed by atoms with Crippen LogP contribution in [0, 0.1) is 0 Å². The van der Waals surface area contributed by atoms with E-state index >= 15 is 0 Å². The van der Waals surface area contributed by atoms with E-state index in [1.54, 1.807) is 0 Å². The molecule has 1 fully saturated rings. The van der Waals surface area contributed by atoms with Gasteiger partial charge in [0.15, 0.2) is 0 Å². The second-order valence-corrected chi connectivity index (χ2v) is 4.04. The van der Waals surface area contributed by atoms with E-state index in [0.717, 1.165) is 0 Å². The molecule has 0 N–H and O–H groups in total. The number of alkyl halides is 14. The highest BCUT2D eigenvalue weighted by atomic mass is 19.4. The molecule has 2 atom stereocenters. The van der Waals surface area contributed by atoms with Crippen LogP contribution in [0.4, 0.5) is 61.5 Å². The lowest BCUT2D eigenvalue weighted by molar-refractivity contribution is -0.540. The minimum Gasteiger partial charge on any atom is -0.225 e. The van der Waals surface area contributed by atoms with Crippen molar-refractivity contribution in [1.82, 2.24) is 0 Å². The van der Waals surface area contributed by atoms with Crippen molar-refractivity contribution in [3.63, 3.8) is 0 Å². The van der Waals surface area contributed by atoms with Gasteiger partial charge in [0.1, 0.15) is 0 Å². The fourth-order valence-corrected chi connectivity index (χ4v) is 1.98. The Morgan fingerprint density at radius 3 is 0.714 bits per heavy atom. The van der Waals surface area contributed by atoms with Crippen molar-refractivity contribution >= 4 is 0 Å². The van der Waals surface area contributed by atoms with Crippen molar-refractivity contribution in [3.05, 3.63) is 0 Å². The van der Waals surface area contributed by atoms with Crippen LogP contribution in [-0.2, 0) is 0 Å². The molecule has 0 spiro atoms. The molecule has 0 aromatic rings. The first-order chi connectivity index (χ1) is 8.75. The summed E-state index contributed by atoms with van der Waals surface area (Å²) in [5.74, 6) is -7.39. The third-order valence-electron chi connectivity index (χ3n) is 2.99. The highest BCUT2D eigenvalue weighted by Crippen LogP contribution is 2.78. The fraction of sp³-hybridized carbons (Fsp3) is 1.00. The fourth-order valence-electron chi connectivity index (χ4n) is 1.98. The van der Waals surface area contributed by atoms with Gasteiger partial charge in [-0.2, -0.15) is 48.3 Å². The molecule has 0 bridgehead atoms. The SMILES string of the molecule is FC(F)(F)C1(F)C(F)(F)C(F)(C(F)(F)F)C1(F)C(F)(F)F. The molecule has 0 aliphatic heterocycles. The molecular weight excluding hydrogens is 350 g/mol. The molecule has 1 aliphatic rings. The highest BCUT2D eigenvalue weighted by Gasteiger charge is 3.13. The van der Waals surface area contributed by atoms with Crippen molar-refractivity contribution in [1.29, 1.82) is 0 Å². The van der Waals surface area contributed by atoms with Crippen molar-refractivity contribution in [3.8, 4) is 0 Å². The van der Waals surface area contributed by atoms with Crippen LogP contribution in [0.25, 0.3) is 0 Å². The lowest BCUT2D eigenvalue weighted by Crippen LogP contribution is -2.97. The van der Waals surface area contributed by atoms with Gasteiger partial charge in [0, 0.05) is 0 Å². The van der Waals surface area contributed by atoms with Crippen molar-refractivity contribution < 1.29 is 61.5 Å². The standard InChI is InChI=1S/C7F14/c8-1(5(13,14)15)2(9,6(16,17)18)4(11,12)3(1,10)7(19,20)21. The van der Waals surface area contributed by atoms with Crippen molar-refractivity contribution in [2.75, 3.05) is 0 Å². The van der Waals surface area contributed by atoms with E-state index < -0.39 is 41.5 Å². The highest BCUT2D eigenvalue weighted by molar-refractivity contribution is 5.41. The van der Waals surface area contributed by atoms with Gasteiger partial charge in [-0.3, -0.25) is 0 Å². The summed E-state index contributed by atoms with van der Waals surface area (Å²) < 4.78 is 173. The predicted molar refractivity (Wildman–Crippen MR) is 34.6 cm³/mol. The van der Waals surface area contributed by atoms with E-state index in [-0.39, 0.29) is 0 Å². The molecule has 21 heavy (non-hydrogen) atoms. The van der Waals surface area contributed by atoms with E-state index in [9.17, 15) is 61.5 Å². The predicted octanol–water partition coefficient (Wildman–Crippen LogP) is 4.45. The van der Waals surface area contributed by atoms with Crippen LogP contribution in [0.1, 0.15) is 0 Å². The molecule has 126 valence electrons. The van der Waals surface area contributed by atoms with Crippen LogP contribution >= 0.6 is 0 Å². The molecule has 1 rings (SSSR count). The summed E-state index contributed by atoms with van der Waals surface area (Å²) in [6.07, 6.45) is -22.5. The summed E-state index contributed by atoms with van der Waals surface area (Å²) in [7, 11) is 0. The average Bonchev–Trinajstić information content (AvgIpc) is 2.20. The third kappa shape index (κ3) is 1.43. The summed E-state index contributed by atoms with van der Waals surface area (Å²) in [6, 6.07) is 0. The van der Waals surface area contributed by atoms with E-state index in [1.807, 2.05) is 0 Å². The minimum absolute atomic E-state index is 7.39. The molecule has 0 aromatic heterocycles. The molecule has 1 saturated carbocycles. The molecule has 0 radical (unpaired) electrons. The number of hydrogen-bond donors (Lipinski definition) is 0.